The Hall–Kier alpha value is -1.04. The molecule has 138 valence electrons. The highest BCUT2D eigenvalue weighted by molar-refractivity contribution is 8.00. The molecular weight excluding hydrogens is 330 g/mol. The number of fused-ring (bicyclic) bond motifs is 1. The molecule has 0 aromatic heterocycles. The molecule has 0 spiro atoms. The molecule has 1 atom stereocenters. The third-order valence-corrected chi connectivity index (χ3v) is 6.23. The van der Waals surface area contributed by atoms with Crippen LogP contribution in [0.15, 0.2) is 29.2 Å². The Morgan fingerprint density at radius 2 is 1.80 bits per heavy atom. The number of benzene rings is 1. The van der Waals surface area contributed by atoms with Gasteiger partial charge in [0, 0.05) is 49.4 Å². The molecule has 0 aliphatic carbocycles. The maximum Gasteiger partial charge on any atom is 0.241 e. The number of carbonyl (C=O) groups is 1. The standard InChI is InChI=1S/C20H31N3OS/c1-16(2)14-21-10-12-22(13-11-21)15-20(24)23-9-8-17(3)25-19-7-5-4-6-18(19)23/h4-7,16-17H,8-15H2,1-3H3. The van der Waals surface area contributed by atoms with E-state index >= 15 is 0 Å². The summed E-state index contributed by atoms with van der Waals surface area (Å²) < 4.78 is 0. The van der Waals surface area contributed by atoms with Crippen molar-refractivity contribution in [2.24, 2.45) is 5.92 Å². The maximum atomic E-state index is 13.0. The average Bonchev–Trinajstić information content (AvgIpc) is 2.74. The number of hydrogen-bond acceptors (Lipinski definition) is 4. The molecule has 0 bridgehead atoms. The second-order valence-electron chi connectivity index (χ2n) is 7.70. The molecule has 1 amide bonds. The Kier molecular flexibility index (Phi) is 6.42. The minimum Gasteiger partial charge on any atom is -0.310 e. The minimum atomic E-state index is 0.249. The molecule has 0 N–H and O–H groups in total. The van der Waals surface area contributed by atoms with Crippen molar-refractivity contribution in [3.63, 3.8) is 0 Å². The molecule has 1 aromatic carbocycles. The van der Waals surface area contributed by atoms with Crippen molar-refractivity contribution < 1.29 is 4.79 Å². The summed E-state index contributed by atoms with van der Waals surface area (Å²) >= 11 is 1.89. The summed E-state index contributed by atoms with van der Waals surface area (Å²) in [4.78, 5) is 21.1. The predicted molar refractivity (Wildman–Crippen MR) is 106 cm³/mol. The second kappa shape index (κ2) is 8.56. The van der Waals surface area contributed by atoms with Gasteiger partial charge in [0.2, 0.25) is 5.91 Å². The Morgan fingerprint density at radius 3 is 2.52 bits per heavy atom. The molecule has 4 nitrogen and oxygen atoms in total. The fourth-order valence-electron chi connectivity index (χ4n) is 3.67. The second-order valence-corrected chi connectivity index (χ2v) is 9.18. The lowest BCUT2D eigenvalue weighted by atomic mass is 10.2. The molecule has 1 fully saturated rings. The number of carbonyl (C=O) groups excluding carboxylic acids is 1. The molecule has 3 rings (SSSR count). The van der Waals surface area contributed by atoms with Gasteiger partial charge in [0.15, 0.2) is 0 Å². The van der Waals surface area contributed by atoms with E-state index in [0.717, 1.165) is 51.4 Å². The summed E-state index contributed by atoms with van der Waals surface area (Å²) in [7, 11) is 0. The van der Waals surface area contributed by atoms with E-state index in [1.54, 1.807) is 0 Å². The summed E-state index contributed by atoms with van der Waals surface area (Å²) in [5, 5.41) is 0.554. The first-order valence-corrected chi connectivity index (χ1v) is 10.4. The maximum absolute atomic E-state index is 13.0. The van der Waals surface area contributed by atoms with E-state index in [1.807, 2.05) is 22.7 Å². The van der Waals surface area contributed by atoms with E-state index in [-0.39, 0.29) is 5.91 Å². The minimum absolute atomic E-state index is 0.249. The summed E-state index contributed by atoms with van der Waals surface area (Å²) in [6.45, 7) is 13.5. The van der Waals surface area contributed by atoms with E-state index < -0.39 is 0 Å². The topological polar surface area (TPSA) is 26.8 Å². The molecule has 2 aliphatic rings. The van der Waals surface area contributed by atoms with Crippen LogP contribution in [0.2, 0.25) is 0 Å². The lowest BCUT2D eigenvalue weighted by Gasteiger charge is -2.36. The van der Waals surface area contributed by atoms with Crippen LogP contribution in [0.1, 0.15) is 27.2 Å². The number of para-hydroxylation sites is 1. The van der Waals surface area contributed by atoms with Crippen LogP contribution in [0.25, 0.3) is 0 Å². The third-order valence-electron chi connectivity index (χ3n) is 4.99. The largest absolute Gasteiger partial charge is 0.310 e. The van der Waals surface area contributed by atoms with Crippen LogP contribution in [0.3, 0.4) is 0 Å². The molecule has 0 saturated carbocycles. The zero-order valence-electron chi connectivity index (χ0n) is 15.8. The van der Waals surface area contributed by atoms with E-state index in [1.165, 1.54) is 4.90 Å². The summed E-state index contributed by atoms with van der Waals surface area (Å²) in [6.07, 6.45) is 1.05. The zero-order valence-corrected chi connectivity index (χ0v) is 16.6. The number of thioether (sulfide) groups is 1. The lowest BCUT2D eigenvalue weighted by molar-refractivity contribution is -0.120. The predicted octanol–water partition coefficient (Wildman–Crippen LogP) is 3.18. The Labute approximate surface area is 156 Å². The highest BCUT2D eigenvalue weighted by Gasteiger charge is 2.26. The van der Waals surface area contributed by atoms with Gasteiger partial charge in [0.05, 0.1) is 12.2 Å². The molecule has 5 heteroatoms. The van der Waals surface area contributed by atoms with Crippen LogP contribution in [0.5, 0.6) is 0 Å². The third kappa shape index (κ3) is 4.99. The fourth-order valence-corrected chi connectivity index (χ4v) is 4.78. The van der Waals surface area contributed by atoms with Crippen molar-refractivity contribution in [2.45, 2.75) is 37.3 Å². The normalized spacial score (nSPS) is 22.7. The molecule has 2 aliphatic heterocycles. The highest BCUT2D eigenvalue weighted by Crippen LogP contribution is 2.37. The highest BCUT2D eigenvalue weighted by atomic mass is 32.2. The Morgan fingerprint density at radius 1 is 1.12 bits per heavy atom. The van der Waals surface area contributed by atoms with Crippen molar-refractivity contribution in [3.8, 4) is 0 Å². The zero-order chi connectivity index (χ0) is 17.8. The molecule has 1 unspecified atom stereocenters. The number of piperazine rings is 1. The van der Waals surface area contributed by atoms with Crippen molar-refractivity contribution in [3.05, 3.63) is 24.3 Å². The van der Waals surface area contributed by atoms with Crippen molar-refractivity contribution in [2.75, 3.05) is 50.7 Å². The van der Waals surface area contributed by atoms with Gasteiger partial charge in [-0.3, -0.25) is 9.69 Å². The van der Waals surface area contributed by atoms with Crippen LogP contribution in [0, 0.1) is 5.92 Å². The van der Waals surface area contributed by atoms with Crippen LogP contribution < -0.4 is 4.90 Å². The number of nitrogens with zero attached hydrogens (tertiary/aromatic N) is 3. The van der Waals surface area contributed by atoms with Crippen LogP contribution >= 0.6 is 11.8 Å². The van der Waals surface area contributed by atoms with Crippen molar-refractivity contribution >= 4 is 23.4 Å². The van der Waals surface area contributed by atoms with Gasteiger partial charge >= 0.3 is 0 Å². The SMILES string of the molecule is CC(C)CN1CCN(CC(=O)N2CCC(C)Sc3ccccc32)CC1. The first kappa shape index (κ1) is 18.7. The van der Waals surface area contributed by atoms with Crippen LogP contribution in [-0.2, 0) is 4.79 Å². The van der Waals surface area contributed by atoms with Gasteiger partial charge in [0.1, 0.15) is 0 Å². The Balaban J connectivity index is 1.60. The molecule has 1 aromatic rings. The van der Waals surface area contributed by atoms with E-state index in [9.17, 15) is 4.79 Å². The monoisotopic (exact) mass is 361 g/mol. The first-order chi connectivity index (χ1) is 12.0. The van der Waals surface area contributed by atoms with E-state index in [4.69, 9.17) is 0 Å². The fraction of sp³-hybridized carbons (Fsp3) is 0.650. The van der Waals surface area contributed by atoms with Crippen LogP contribution in [0.4, 0.5) is 5.69 Å². The van der Waals surface area contributed by atoms with Gasteiger partial charge in [-0.05, 0) is 24.5 Å². The molecule has 1 saturated heterocycles. The molecular formula is C20H31N3OS. The van der Waals surface area contributed by atoms with Crippen molar-refractivity contribution in [1.82, 2.24) is 9.80 Å². The summed E-state index contributed by atoms with van der Waals surface area (Å²) in [6, 6.07) is 8.35. The van der Waals surface area contributed by atoms with Gasteiger partial charge < -0.3 is 9.80 Å². The molecule has 0 radical (unpaired) electrons. The quantitative estimate of drug-likeness (QED) is 0.823. The van der Waals surface area contributed by atoms with Gasteiger partial charge in [-0.15, -0.1) is 11.8 Å². The van der Waals surface area contributed by atoms with Crippen molar-refractivity contribution in [1.29, 1.82) is 0 Å². The number of amides is 1. The number of hydrogen-bond donors (Lipinski definition) is 0. The van der Waals surface area contributed by atoms with Gasteiger partial charge in [0.25, 0.3) is 0 Å². The summed E-state index contributed by atoms with van der Waals surface area (Å²) in [5.74, 6) is 0.959. The Bertz CT molecular complexity index is 584. The molecule has 25 heavy (non-hydrogen) atoms. The lowest BCUT2D eigenvalue weighted by Crippen LogP contribution is -2.50. The number of rotatable bonds is 4. The average molecular weight is 362 g/mol. The van der Waals surface area contributed by atoms with Gasteiger partial charge in [-0.2, -0.15) is 0 Å². The van der Waals surface area contributed by atoms with Crippen LogP contribution in [-0.4, -0.2) is 66.8 Å². The molecule has 2 heterocycles. The van der Waals surface area contributed by atoms with E-state index in [2.05, 4.69) is 48.8 Å². The summed E-state index contributed by atoms with van der Waals surface area (Å²) in [5.41, 5.74) is 1.10. The first-order valence-electron chi connectivity index (χ1n) is 9.53. The smallest absolute Gasteiger partial charge is 0.241 e. The van der Waals surface area contributed by atoms with E-state index in [0.29, 0.717) is 17.7 Å². The van der Waals surface area contributed by atoms with Gasteiger partial charge in [-0.25, -0.2) is 0 Å². The van der Waals surface area contributed by atoms with Gasteiger partial charge in [-0.1, -0.05) is 32.9 Å². The number of anilines is 1.